The number of rotatable bonds is 6. The molecule has 1 saturated heterocycles. The monoisotopic (exact) mass is 336 g/mol. The third-order valence-electron chi connectivity index (χ3n) is 4.10. The van der Waals surface area contributed by atoms with E-state index in [9.17, 15) is 4.79 Å². The number of carbonyl (C=O) groups excluding carboxylic acids is 1. The fraction of sp³-hybridized carbons (Fsp3) is 0.300. The largest absolute Gasteiger partial charge is 0.490 e. The molecule has 0 unspecified atom stereocenters. The number of nitrogens with zero attached hydrogens (tertiary/aromatic N) is 2. The van der Waals surface area contributed by atoms with Gasteiger partial charge in [0.2, 0.25) is 0 Å². The van der Waals surface area contributed by atoms with Crippen molar-refractivity contribution in [3.8, 4) is 17.6 Å². The normalized spacial score (nSPS) is 13.3. The number of likely N-dealkylation sites (tertiary alicyclic amines) is 1. The molecule has 0 bridgehead atoms. The van der Waals surface area contributed by atoms with Gasteiger partial charge in [0.1, 0.15) is 24.7 Å². The third-order valence-corrected chi connectivity index (χ3v) is 4.10. The number of hydrogen-bond acceptors (Lipinski definition) is 4. The molecule has 2 aromatic carbocycles. The Morgan fingerprint density at radius 3 is 1.96 bits per heavy atom. The lowest BCUT2D eigenvalue weighted by Crippen LogP contribution is -2.27. The molecule has 128 valence electrons. The lowest BCUT2D eigenvalue weighted by molar-refractivity contribution is 0.0792. The van der Waals surface area contributed by atoms with Crippen LogP contribution in [0.4, 0.5) is 0 Å². The molecular weight excluding hydrogens is 316 g/mol. The quantitative estimate of drug-likeness (QED) is 0.760. The fourth-order valence-electron chi connectivity index (χ4n) is 2.74. The molecule has 0 aromatic heterocycles. The van der Waals surface area contributed by atoms with Crippen LogP contribution in [0.15, 0.2) is 48.5 Å². The number of ether oxygens (including phenoxy) is 2. The van der Waals surface area contributed by atoms with Crippen molar-refractivity contribution in [3.05, 3.63) is 59.7 Å². The average molecular weight is 336 g/mol. The first-order valence-electron chi connectivity index (χ1n) is 8.41. The van der Waals surface area contributed by atoms with Gasteiger partial charge in [-0.3, -0.25) is 4.79 Å². The second kappa shape index (κ2) is 8.20. The SMILES string of the molecule is N#Cc1ccc(OCCOc2ccc(C(=O)N3CCCC3)cc2)cc1. The van der Waals surface area contributed by atoms with Crippen molar-refractivity contribution in [1.29, 1.82) is 5.26 Å². The van der Waals surface area contributed by atoms with E-state index in [0.29, 0.717) is 35.8 Å². The van der Waals surface area contributed by atoms with Crippen LogP contribution in [0.2, 0.25) is 0 Å². The molecule has 3 rings (SSSR count). The summed E-state index contributed by atoms with van der Waals surface area (Å²) in [5, 5.41) is 8.75. The van der Waals surface area contributed by atoms with E-state index < -0.39 is 0 Å². The molecule has 0 N–H and O–H groups in total. The van der Waals surface area contributed by atoms with Gasteiger partial charge in [0.05, 0.1) is 11.6 Å². The van der Waals surface area contributed by atoms with Crippen LogP contribution in [0, 0.1) is 11.3 Å². The molecule has 5 heteroatoms. The average Bonchev–Trinajstić information content (AvgIpc) is 3.20. The van der Waals surface area contributed by atoms with Crippen LogP contribution >= 0.6 is 0 Å². The Bertz CT molecular complexity index is 742. The van der Waals surface area contributed by atoms with Crippen LogP contribution in [0.5, 0.6) is 11.5 Å². The van der Waals surface area contributed by atoms with E-state index in [0.717, 1.165) is 25.9 Å². The van der Waals surface area contributed by atoms with Gasteiger partial charge in [-0.2, -0.15) is 5.26 Å². The van der Waals surface area contributed by atoms with Crippen molar-refractivity contribution in [1.82, 2.24) is 4.90 Å². The van der Waals surface area contributed by atoms with Crippen molar-refractivity contribution in [2.45, 2.75) is 12.8 Å². The van der Waals surface area contributed by atoms with Gasteiger partial charge in [0, 0.05) is 18.7 Å². The smallest absolute Gasteiger partial charge is 0.253 e. The van der Waals surface area contributed by atoms with Crippen LogP contribution < -0.4 is 9.47 Å². The molecule has 5 nitrogen and oxygen atoms in total. The van der Waals surface area contributed by atoms with Crippen molar-refractivity contribution < 1.29 is 14.3 Å². The Balaban J connectivity index is 1.43. The first-order valence-corrected chi connectivity index (χ1v) is 8.41. The van der Waals surface area contributed by atoms with E-state index in [1.54, 1.807) is 36.4 Å². The Labute approximate surface area is 147 Å². The Morgan fingerprint density at radius 2 is 1.44 bits per heavy atom. The summed E-state index contributed by atoms with van der Waals surface area (Å²) in [5.41, 5.74) is 1.30. The molecule has 0 aliphatic carbocycles. The summed E-state index contributed by atoms with van der Waals surface area (Å²) < 4.78 is 11.2. The lowest BCUT2D eigenvalue weighted by atomic mass is 10.2. The predicted octanol–water partition coefficient (Wildman–Crippen LogP) is 3.25. The second-order valence-electron chi connectivity index (χ2n) is 5.86. The predicted molar refractivity (Wildman–Crippen MR) is 93.7 cm³/mol. The molecule has 0 radical (unpaired) electrons. The number of hydrogen-bond donors (Lipinski definition) is 0. The van der Waals surface area contributed by atoms with Crippen LogP contribution in [0.1, 0.15) is 28.8 Å². The molecule has 2 aromatic rings. The zero-order valence-electron chi connectivity index (χ0n) is 14.0. The number of benzene rings is 2. The van der Waals surface area contributed by atoms with Crippen molar-refractivity contribution in [2.24, 2.45) is 0 Å². The summed E-state index contributed by atoms with van der Waals surface area (Å²) >= 11 is 0. The molecule has 1 amide bonds. The van der Waals surface area contributed by atoms with Gasteiger partial charge >= 0.3 is 0 Å². The molecule has 1 heterocycles. The maximum Gasteiger partial charge on any atom is 0.253 e. The maximum atomic E-state index is 12.3. The van der Waals surface area contributed by atoms with Crippen LogP contribution in [0.3, 0.4) is 0 Å². The number of carbonyl (C=O) groups is 1. The van der Waals surface area contributed by atoms with Gasteiger partial charge in [-0.05, 0) is 61.4 Å². The van der Waals surface area contributed by atoms with E-state index in [2.05, 4.69) is 6.07 Å². The molecule has 0 atom stereocenters. The minimum Gasteiger partial charge on any atom is -0.490 e. The summed E-state index contributed by atoms with van der Waals surface area (Å²) in [6.07, 6.45) is 2.18. The van der Waals surface area contributed by atoms with Crippen molar-refractivity contribution >= 4 is 5.91 Å². The highest BCUT2D eigenvalue weighted by Crippen LogP contribution is 2.17. The third kappa shape index (κ3) is 4.51. The summed E-state index contributed by atoms with van der Waals surface area (Å²) in [6.45, 7) is 2.51. The zero-order chi connectivity index (χ0) is 17.5. The zero-order valence-corrected chi connectivity index (χ0v) is 14.0. The van der Waals surface area contributed by atoms with Gasteiger partial charge in [-0.25, -0.2) is 0 Å². The van der Waals surface area contributed by atoms with E-state index in [4.69, 9.17) is 14.7 Å². The molecule has 0 spiro atoms. The molecule has 1 aliphatic rings. The van der Waals surface area contributed by atoms with Gasteiger partial charge in [0.25, 0.3) is 5.91 Å². The van der Waals surface area contributed by atoms with Crippen LogP contribution in [0.25, 0.3) is 0 Å². The van der Waals surface area contributed by atoms with E-state index >= 15 is 0 Å². The molecule has 1 fully saturated rings. The van der Waals surface area contributed by atoms with E-state index in [1.165, 1.54) is 0 Å². The second-order valence-corrected chi connectivity index (χ2v) is 5.86. The van der Waals surface area contributed by atoms with E-state index in [1.807, 2.05) is 17.0 Å². The fourth-order valence-corrected chi connectivity index (χ4v) is 2.74. The number of amides is 1. The minimum absolute atomic E-state index is 0.0909. The van der Waals surface area contributed by atoms with Gasteiger partial charge < -0.3 is 14.4 Å². The molecular formula is C20H20N2O3. The summed E-state index contributed by atoms with van der Waals surface area (Å²) in [7, 11) is 0. The summed E-state index contributed by atoms with van der Waals surface area (Å²) in [5.74, 6) is 1.50. The molecule has 0 saturated carbocycles. The Morgan fingerprint density at radius 1 is 0.920 bits per heavy atom. The van der Waals surface area contributed by atoms with Gasteiger partial charge in [-0.1, -0.05) is 0 Å². The van der Waals surface area contributed by atoms with E-state index in [-0.39, 0.29) is 5.91 Å². The summed E-state index contributed by atoms with van der Waals surface area (Å²) in [4.78, 5) is 14.2. The van der Waals surface area contributed by atoms with Gasteiger partial charge in [0.15, 0.2) is 0 Å². The highest BCUT2D eigenvalue weighted by atomic mass is 16.5. The standard InChI is InChI=1S/C20H20N2O3/c21-15-16-3-7-18(8-4-16)24-13-14-25-19-9-5-17(6-10-19)20(23)22-11-1-2-12-22/h3-10H,1-2,11-14H2. The molecule has 25 heavy (non-hydrogen) atoms. The number of nitriles is 1. The lowest BCUT2D eigenvalue weighted by Gasteiger charge is -2.15. The Kier molecular flexibility index (Phi) is 5.53. The minimum atomic E-state index is 0.0909. The maximum absolute atomic E-state index is 12.3. The first-order chi connectivity index (χ1) is 12.3. The Hall–Kier alpha value is -3.00. The summed E-state index contributed by atoms with van der Waals surface area (Å²) in [6, 6.07) is 16.2. The topological polar surface area (TPSA) is 62.6 Å². The van der Waals surface area contributed by atoms with Crippen LogP contribution in [-0.2, 0) is 0 Å². The van der Waals surface area contributed by atoms with Crippen molar-refractivity contribution in [3.63, 3.8) is 0 Å². The van der Waals surface area contributed by atoms with Crippen molar-refractivity contribution in [2.75, 3.05) is 26.3 Å². The highest BCUT2D eigenvalue weighted by molar-refractivity contribution is 5.94. The van der Waals surface area contributed by atoms with Crippen LogP contribution in [-0.4, -0.2) is 37.1 Å². The highest BCUT2D eigenvalue weighted by Gasteiger charge is 2.19. The molecule has 1 aliphatic heterocycles. The van der Waals surface area contributed by atoms with Gasteiger partial charge in [-0.15, -0.1) is 0 Å². The first kappa shape index (κ1) is 16.8.